The van der Waals surface area contributed by atoms with E-state index < -0.39 is 92.5 Å². The molecule has 4 fully saturated rings. The second-order valence-corrected chi connectivity index (χ2v) is 48.0. The lowest BCUT2D eigenvalue weighted by atomic mass is 9.98. The fraction of sp³-hybridized carbons (Fsp3) is 0.681. The summed E-state index contributed by atoms with van der Waals surface area (Å²) < 4.78 is 68.8. The summed E-state index contributed by atoms with van der Waals surface area (Å²) in [6.45, 7) is 43.2. The summed E-state index contributed by atoms with van der Waals surface area (Å²) >= 11 is 10.7. The first-order valence-corrected chi connectivity index (χ1v) is 46.9. The second kappa shape index (κ2) is 34.7. The summed E-state index contributed by atoms with van der Waals surface area (Å²) in [6, 6.07) is -1.51. The van der Waals surface area contributed by atoms with Gasteiger partial charge in [-0.3, -0.25) is 37.4 Å². The van der Waals surface area contributed by atoms with E-state index in [0.717, 1.165) is 0 Å². The maximum absolute atomic E-state index is 12.8. The molecule has 16 atom stereocenters. The van der Waals surface area contributed by atoms with Gasteiger partial charge in [-0.15, -0.1) is 0 Å². The maximum Gasteiger partial charge on any atom is 0.279 e. The molecule has 4 aliphatic heterocycles. The van der Waals surface area contributed by atoms with Gasteiger partial charge >= 0.3 is 0 Å². The molecular formula is C69H108N28O11S2Si3. The third kappa shape index (κ3) is 18.4. The van der Waals surface area contributed by atoms with Crippen LogP contribution < -0.4 is 49.2 Å². The van der Waals surface area contributed by atoms with E-state index in [1.807, 2.05) is 6.92 Å². The summed E-state index contributed by atoms with van der Waals surface area (Å²) in [4.78, 5) is 106. The van der Waals surface area contributed by atoms with Gasteiger partial charge in [0.25, 0.3) is 22.2 Å². The predicted octanol–water partition coefficient (Wildman–Crippen LogP) is 7.96. The highest BCUT2D eigenvalue weighted by atomic mass is 32.1. The van der Waals surface area contributed by atoms with E-state index in [-0.39, 0.29) is 123 Å². The first kappa shape index (κ1) is 84.2. The minimum absolute atomic E-state index is 0.00131. The molecule has 44 heteroatoms. The van der Waals surface area contributed by atoms with Crippen LogP contribution in [0.5, 0.6) is 0 Å². The van der Waals surface area contributed by atoms with Crippen molar-refractivity contribution in [2.45, 2.75) is 257 Å². The third-order valence-electron chi connectivity index (χ3n) is 22.4. The summed E-state index contributed by atoms with van der Waals surface area (Å²) in [5.74, 6) is 1.61. The minimum Gasteiger partial charge on any atom is -0.408 e. The number of aromatic nitrogens is 16. The van der Waals surface area contributed by atoms with Gasteiger partial charge in [-0.1, -0.05) is 93.3 Å². The minimum atomic E-state index is -2.40. The molecule has 10 N–H and O–H groups in total. The summed E-state index contributed by atoms with van der Waals surface area (Å²) in [6.07, 6.45) is 0.239. The smallest absolute Gasteiger partial charge is 0.279 e. The summed E-state index contributed by atoms with van der Waals surface area (Å²) in [7, 11) is -6.84. The zero-order valence-electron chi connectivity index (χ0n) is 69.6. The quantitative estimate of drug-likeness (QED) is 0.00732. The fourth-order valence-electron chi connectivity index (χ4n) is 13.5. The predicted molar refractivity (Wildman–Crippen MR) is 441 cm³/mol. The number of rotatable bonds is 23. The lowest BCUT2D eigenvalue weighted by molar-refractivity contribution is -0.0297. The molecule has 4 aliphatic rings. The molecule has 0 spiro atoms. The molecule has 113 heavy (non-hydrogen) atoms. The van der Waals surface area contributed by atoms with Gasteiger partial charge in [0.2, 0.25) is 0 Å². The molecule has 614 valence electrons. The lowest BCUT2D eigenvalue weighted by Crippen LogP contribution is -2.55. The van der Waals surface area contributed by atoms with Crippen LogP contribution in [-0.4, -0.2) is 219 Å². The number of isothiocyanates is 1. The van der Waals surface area contributed by atoms with Gasteiger partial charge in [-0.25, -0.2) is 44.9 Å². The van der Waals surface area contributed by atoms with Crippen LogP contribution in [0.4, 0.5) is 0 Å². The summed E-state index contributed by atoms with van der Waals surface area (Å²) in [5, 5.41) is 23.6. The molecule has 12 rings (SSSR count). The van der Waals surface area contributed by atoms with Crippen molar-refractivity contribution in [2.75, 3.05) is 39.3 Å². The first-order chi connectivity index (χ1) is 54.0. The normalized spacial score (nSPS) is 25.8. The molecule has 0 aromatic carbocycles. The number of aliphatic imine (C=N–C) groups is 1. The van der Waals surface area contributed by atoms with E-state index in [2.05, 4.69) is 213 Å². The van der Waals surface area contributed by atoms with Gasteiger partial charge in [0.1, 0.15) is 53.9 Å². The highest BCUT2D eigenvalue weighted by Crippen LogP contribution is 2.47. The Hall–Kier alpha value is -8.24. The van der Waals surface area contributed by atoms with E-state index >= 15 is 0 Å². The average molecular weight is 1660 g/mol. The number of fused-ring (bicyclic) bond motifs is 4. The van der Waals surface area contributed by atoms with Gasteiger partial charge in [-0.05, 0) is 131 Å². The maximum atomic E-state index is 12.8. The molecule has 8 aromatic rings. The molecule has 8 aromatic heterocycles. The van der Waals surface area contributed by atoms with Crippen LogP contribution >= 0.6 is 24.4 Å². The number of nitrogens with one attached hydrogen (secondary N) is 8. The Balaban J connectivity index is 0.000000196. The molecule has 4 saturated heterocycles. The number of H-pyrrole nitrogens is 4. The number of imidazole rings is 4. The van der Waals surface area contributed by atoms with Crippen molar-refractivity contribution < 1.29 is 35.0 Å². The number of aryl methyl sites for hydroxylation is 4. The molecule has 0 aliphatic carbocycles. The molecule has 4 unspecified atom stereocenters. The number of thiocarbonyl (C=S) groups is 2. The van der Waals surface area contributed by atoms with Gasteiger partial charge in [0.15, 0.2) is 93.4 Å². The van der Waals surface area contributed by atoms with E-state index in [4.69, 9.17) is 76.2 Å². The zero-order valence-corrected chi connectivity index (χ0v) is 72.2. The molecular weight excluding hydrogens is 1550 g/mol. The third-order valence-corrected chi connectivity index (χ3v) is 36.1. The van der Waals surface area contributed by atoms with Crippen LogP contribution in [0.25, 0.3) is 65.5 Å². The lowest BCUT2D eigenvalue weighted by Gasteiger charge is -2.41. The summed E-state index contributed by atoms with van der Waals surface area (Å²) in [5.41, 5.74) is 25.1. The number of likely N-dealkylation sites (N-methyl/N-ethyl adjacent to an activating group) is 2. The Bertz CT molecular complexity index is 5210. The van der Waals surface area contributed by atoms with Gasteiger partial charge in [0.05, 0.1) is 86.1 Å². The van der Waals surface area contributed by atoms with Crippen LogP contribution in [-0.2, 0) is 32.2 Å². The standard InChI is InChI=1S/C32H48N14O5SSi.C19H34N6O3Si.C18H26N8O3SSi/c1-10-34-21-18(50-30(24(21)51-53(8,9)32(5,6)7)46-14-37-23-26(46)40-17(4)42-28(23)48)11-35-31(52)43-20-15(2)29(49-19(20)12-38-44-33)45-13-36-22-25(45)39-16(3)41-27(22)47;1-8-21-13-12(9-20)27-18(15(13)28-29(6,7)19(3,4)5)25-10-22-14-16(25)23-11(2)24-17(14)26;1-10-23-15-13(16(27)24-10)20-8-26(15)17-14(29-31(5,6)18(2,3)4)12(21-9-30)11(28-17)7-22-25-19/h13-15,18-21,24,29-30,34H,10-12H2,1-9H3,(H2,35,43,52)(H,39,41,47)(H,40,42,48);10,12-13,15,18,21H,8-9,20H2,1-7H3,(H,23,24,26);8,11-12,14,17H,7H2,1-6H3,(H,23,24,27)/t15?,18-,19-,20-,21?,24+,29-,30-;12-,13?,15+,18-;11-,12?,14+,17-/m111/s1/i2*1T;. The molecule has 0 bridgehead atoms. The highest BCUT2D eigenvalue weighted by Gasteiger charge is 2.55. The number of azide groups is 2. The van der Waals surface area contributed by atoms with E-state index in [1.165, 1.54) is 12.7 Å². The number of hydrogen-bond donors (Lipinski definition) is 9. The number of ether oxygens (including phenoxy) is 4. The van der Waals surface area contributed by atoms with E-state index in [0.29, 0.717) is 70.6 Å². The number of nitrogens with two attached hydrogens (primary N) is 1. The van der Waals surface area contributed by atoms with Crippen LogP contribution in [0.15, 0.2) is 59.7 Å². The second-order valence-electron chi connectivity index (χ2n) is 33.2. The monoisotopic (exact) mass is 1660 g/mol. The Morgan fingerprint density at radius 1 is 0.566 bits per heavy atom. The molecule has 0 radical (unpaired) electrons. The Labute approximate surface area is 669 Å². The number of hydrogen-bond acceptors (Lipinski definition) is 27. The van der Waals surface area contributed by atoms with Crippen molar-refractivity contribution in [1.82, 2.24) is 99.3 Å². The van der Waals surface area contributed by atoms with Crippen molar-refractivity contribution in [2.24, 2.45) is 26.9 Å². The highest BCUT2D eigenvalue weighted by molar-refractivity contribution is 7.80. The van der Waals surface area contributed by atoms with Gasteiger partial charge in [-0.2, -0.15) is 0 Å². The Morgan fingerprint density at radius 2 is 0.903 bits per heavy atom. The largest absolute Gasteiger partial charge is 0.408 e. The van der Waals surface area contributed by atoms with Crippen molar-refractivity contribution in [1.29, 1.82) is 0 Å². The fourth-order valence-corrected chi connectivity index (χ4v) is 17.7. The van der Waals surface area contributed by atoms with Crippen LogP contribution in [0.1, 0.15) is 134 Å². The van der Waals surface area contributed by atoms with Crippen LogP contribution in [0, 0.1) is 33.6 Å². The molecule has 0 saturated carbocycles. The molecule has 39 nitrogen and oxygen atoms in total. The number of nitrogens with zero attached hydrogens (tertiary/aromatic N) is 19. The van der Waals surface area contributed by atoms with Crippen molar-refractivity contribution in [3.05, 3.63) is 111 Å². The average Bonchev–Trinajstić information content (AvgIpc) is 1.62. The van der Waals surface area contributed by atoms with Crippen LogP contribution in [0.2, 0.25) is 54.4 Å². The van der Waals surface area contributed by atoms with E-state index in [9.17, 15) is 19.2 Å². The van der Waals surface area contributed by atoms with E-state index in [1.54, 1.807) is 58.6 Å². The van der Waals surface area contributed by atoms with Crippen molar-refractivity contribution in [3.8, 4) is 0 Å². The van der Waals surface area contributed by atoms with Gasteiger partial charge in [0, 0.05) is 31.6 Å². The van der Waals surface area contributed by atoms with Gasteiger partial charge < -0.3 is 79.2 Å². The zero-order chi connectivity index (χ0) is 84.4. The Morgan fingerprint density at radius 3 is 1.27 bits per heavy atom. The molecule has 12 heterocycles. The first-order valence-electron chi connectivity index (χ1n) is 38.7. The van der Waals surface area contributed by atoms with Crippen molar-refractivity contribution >= 4 is 104 Å². The Kier molecular flexibility index (Phi) is 25.8. The SMILES string of the molecule is Cc1nc2c(ncn2[C@@H]2O[C@H](CN=[N+]=[N-])C(N=C=S)[C@@H]2O[Si](C)(C)C(C)(C)C)c(=O)[nH]1.[3H]CCNC1[C@@H](CN)O[C@@H](n2cnc3c(=O)[nH]c(C)nc32)[C@H]1O[Si](C)(C)C(C)(C)C.[3H]CCNC1[C@@H](CNC(=S)N[C@@H]2C(C)[C@H](n3cnc4c(=O)[nH]c(C)nc43)O[C@@H]2CN=[N+]=[N-])O[C@@H](n2cnc3c(=O)[nH]c(C)nc32)[C@H]1O[Si](C)(C)C(C)(C)C. The van der Waals surface area contributed by atoms with Crippen molar-refractivity contribution in [3.63, 3.8) is 0 Å². The van der Waals surface area contributed by atoms with Crippen LogP contribution in [0.3, 0.4) is 0 Å². The topological polar surface area (TPSA) is 503 Å². The number of aromatic amines is 4. The molecule has 0 amide bonds.